The lowest BCUT2D eigenvalue weighted by atomic mass is 10.1. The average Bonchev–Trinajstić information content (AvgIpc) is 2.84. The molecule has 6 heteroatoms. The minimum atomic E-state index is -0.537. The average molecular weight is 303 g/mol. The van der Waals surface area contributed by atoms with E-state index in [1.54, 1.807) is 13.0 Å². The molecule has 0 aromatic heterocycles. The second-order valence-electron chi connectivity index (χ2n) is 4.66. The number of nitrogens with zero attached hydrogens (tertiary/aromatic N) is 1. The minimum Gasteiger partial charge on any atom is -0.463 e. The van der Waals surface area contributed by atoms with E-state index in [-0.39, 0.29) is 31.6 Å². The zero-order chi connectivity index (χ0) is 15.9. The standard InChI is InChI=1S/C16H17NO5/c1-2-21-16(20)13(10-12-6-4-3-5-7-12)11-22-17-14(18)8-9-15(17)19/h3-7,10H,2,8-9,11H2,1H3/b13-10+. The highest BCUT2D eigenvalue weighted by atomic mass is 16.7. The molecule has 1 aromatic rings. The largest absolute Gasteiger partial charge is 0.463 e. The maximum absolute atomic E-state index is 12.0. The molecule has 1 aliphatic rings. The first kappa shape index (κ1) is 15.9. The molecule has 1 aromatic carbocycles. The van der Waals surface area contributed by atoms with Gasteiger partial charge in [-0.3, -0.25) is 14.4 Å². The highest BCUT2D eigenvalue weighted by Crippen LogP contribution is 2.15. The van der Waals surface area contributed by atoms with Crippen LogP contribution in [0.1, 0.15) is 25.3 Å². The normalized spacial score (nSPS) is 15.3. The van der Waals surface area contributed by atoms with Gasteiger partial charge in [-0.05, 0) is 18.6 Å². The van der Waals surface area contributed by atoms with E-state index in [1.165, 1.54) is 0 Å². The monoisotopic (exact) mass is 303 g/mol. The van der Waals surface area contributed by atoms with E-state index in [1.807, 2.05) is 30.3 Å². The summed E-state index contributed by atoms with van der Waals surface area (Å²) in [5.41, 5.74) is 1.04. The second-order valence-corrected chi connectivity index (χ2v) is 4.66. The fourth-order valence-electron chi connectivity index (χ4n) is 1.97. The van der Waals surface area contributed by atoms with Crippen molar-refractivity contribution in [1.29, 1.82) is 0 Å². The molecule has 0 atom stereocenters. The SMILES string of the molecule is CCOC(=O)/C(=C/c1ccccc1)CON1C(=O)CCC1=O. The van der Waals surface area contributed by atoms with Gasteiger partial charge in [0.1, 0.15) is 6.61 Å². The van der Waals surface area contributed by atoms with Gasteiger partial charge in [-0.2, -0.15) is 5.06 Å². The van der Waals surface area contributed by atoms with Crippen LogP contribution in [0, 0.1) is 0 Å². The van der Waals surface area contributed by atoms with Crippen LogP contribution in [0.5, 0.6) is 0 Å². The van der Waals surface area contributed by atoms with Gasteiger partial charge in [0.2, 0.25) is 0 Å². The van der Waals surface area contributed by atoms with E-state index in [2.05, 4.69) is 0 Å². The highest BCUT2D eigenvalue weighted by molar-refractivity contribution is 6.00. The molecular formula is C16H17NO5. The molecule has 0 N–H and O–H groups in total. The summed E-state index contributed by atoms with van der Waals surface area (Å²) >= 11 is 0. The number of ether oxygens (including phenoxy) is 1. The van der Waals surface area contributed by atoms with Crippen molar-refractivity contribution in [1.82, 2.24) is 5.06 Å². The van der Waals surface area contributed by atoms with Gasteiger partial charge in [0, 0.05) is 12.8 Å². The van der Waals surface area contributed by atoms with Gasteiger partial charge in [0.05, 0.1) is 12.2 Å². The molecule has 6 nitrogen and oxygen atoms in total. The predicted molar refractivity (Wildman–Crippen MR) is 78.1 cm³/mol. The fraction of sp³-hybridized carbons (Fsp3) is 0.312. The molecule has 0 saturated carbocycles. The predicted octanol–water partition coefficient (Wildman–Crippen LogP) is 1.71. The van der Waals surface area contributed by atoms with Crippen molar-refractivity contribution >= 4 is 23.9 Å². The third-order valence-corrected chi connectivity index (χ3v) is 3.03. The molecular weight excluding hydrogens is 286 g/mol. The summed E-state index contributed by atoms with van der Waals surface area (Å²) in [5, 5.41) is 0.720. The van der Waals surface area contributed by atoms with Crippen molar-refractivity contribution in [2.45, 2.75) is 19.8 Å². The van der Waals surface area contributed by atoms with Gasteiger partial charge in [0.25, 0.3) is 11.8 Å². The van der Waals surface area contributed by atoms with E-state index in [0.717, 1.165) is 10.6 Å². The summed E-state index contributed by atoms with van der Waals surface area (Å²) < 4.78 is 4.97. The highest BCUT2D eigenvalue weighted by Gasteiger charge is 2.30. The quantitative estimate of drug-likeness (QED) is 0.454. The third-order valence-electron chi connectivity index (χ3n) is 3.03. The molecule has 22 heavy (non-hydrogen) atoms. The summed E-state index contributed by atoms with van der Waals surface area (Å²) in [6.45, 7) is 1.73. The Labute approximate surface area is 128 Å². The van der Waals surface area contributed by atoms with Crippen LogP contribution < -0.4 is 0 Å². The number of hydrogen-bond acceptors (Lipinski definition) is 5. The number of hydroxylamine groups is 2. The summed E-state index contributed by atoms with van der Waals surface area (Å²) in [4.78, 5) is 40.1. The summed E-state index contributed by atoms with van der Waals surface area (Å²) in [6.07, 6.45) is 1.88. The Hall–Kier alpha value is -2.47. The van der Waals surface area contributed by atoms with Crippen molar-refractivity contribution in [2.24, 2.45) is 0 Å². The number of imide groups is 1. The maximum Gasteiger partial charge on any atom is 0.336 e. The molecule has 0 aliphatic carbocycles. The molecule has 0 spiro atoms. The lowest BCUT2D eigenvalue weighted by molar-refractivity contribution is -0.185. The molecule has 1 heterocycles. The third kappa shape index (κ3) is 4.02. The Morgan fingerprint density at radius 2 is 1.82 bits per heavy atom. The second kappa shape index (κ2) is 7.51. The number of rotatable bonds is 6. The Morgan fingerprint density at radius 3 is 2.41 bits per heavy atom. The summed E-state index contributed by atoms with van der Waals surface area (Å²) in [7, 11) is 0. The molecule has 1 aliphatic heterocycles. The van der Waals surface area contributed by atoms with E-state index in [9.17, 15) is 14.4 Å². The summed E-state index contributed by atoms with van der Waals surface area (Å²) in [5.74, 6) is -1.33. The van der Waals surface area contributed by atoms with Crippen LogP contribution in [-0.2, 0) is 24.0 Å². The van der Waals surface area contributed by atoms with E-state index in [4.69, 9.17) is 9.57 Å². The zero-order valence-corrected chi connectivity index (χ0v) is 12.3. The fourth-order valence-corrected chi connectivity index (χ4v) is 1.97. The Bertz CT molecular complexity index is 578. The summed E-state index contributed by atoms with van der Waals surface area (Å²) in [6, 6.07) is 9.18. The Balaban J connectivity index is 2.11. The van der Waals surface area contributed by atoms with E-state index < -0.39 is 17.8 Å². The minimum absolute atomic E-state index is 0.135. The van der Waals surface area contributed by atoms with Crippen LogP contribution in [0.2, 0.25) is 0 Å². The van der Waals surface area contributed by atoms with Crippen LogP contribution in [-0.4, -0.2) is 36.1 Å². The first-order chi connectivity index (χ1) is 10.6. The van der Waals surface area contributed by atoms with Crippen molar-refractivity contribution in [3.05, 3.63) is 41.5 Å². The van der Waals surface area contributed by atoms with Crippen LogP contribution >= 0.6 is 0 Å². The number of carbonyl (C=O) groups is 3. The van der Waals surface area contributed by atoms with Gasteiger partial charge in [-0.15, -0.1) is 0 Å². The smallest absolute Gasteiger partial charge is 0.336 e. The number of carbonyl (C=O) groups excluding carboxylic acids is 3. The van der Waals surface area contributed by atoms with Crippen LogP contribution in [0.25, 0.3) is 6.08 Å². The van der Waals surface area contributed by atoms with Crippen LogP contribution in [0.4, 0.5) is 0 Å². The Kier molecular flexibility index (Phi) is 5.43. The van der Waals surface area contributed by atoms with Crippen LogP contribution in [0.3, 0.4) is 0 Å². The van der Waals surface area contributed by atoms with Crippen LogP contribution in [0.15, 0.2) is 35.9 Å². The lowest BCUT2D eigenvalue weighted by Gasteiger charge is -2.14. The van der Waals surface area contributed by atoms with Gasteiger partial charge in [-0.1, -0.05) is 30.3 Å². The molecule has 1 saturated heterocycles. The molecule has 2 amide bonds. The van der Waals surface area contributed by atoms with Gasteiger partial charge >= 0.3 is 5.97 Å². The number of amides is 2. The van der Waals surface area contributed by atoms with Gasteiger partial charge in [0.15, 0.2) is 0 Å². The molecule has 0 radical (unpaired) electrons. The first-order valence-corrected chi connectivity index (χ1v) is 7.03. The molecule has 0 unspecified atom stereocenters. The number of hydrogen-bond donors (Lipinski definition) is 0. The number of benzene rings is 1. The Morgan fingerprint density at radius 1 is 1.18 bits per heavy atom. The zero-order valence-electron chi connectivity index (χ0n) is 12.3. The lowest BCUT2D eigenvalue weighted by Crippen LogP contribution is -2.31. The van der Waals surface area contributed by atoms with Crippen molar-refractivity contribution in [3.63, 3.8) is 0 Å². The van der Waals surface area contributed by atoms with Crippen molar-refractivity contribution in [2.75, 3.05) is 13.2 Å². The van der Waals surface area contributed by atoms with Crippen molar-refractivity contribution < 1.29 is 24.0 Å². The molecule has 116 valence electrons. The molecule has 0 bridgehead atoms. The maximum atomic E-state index is 12.0. The first-order valence-electron chi connectivity index (χ1n) is 7.03. The molecule has 1 fully saturated rings. The van der Waals surface area contributed by atoms with E-state index >= 15 is 0 Å². The molecule has 2 rings (SSSR count). The number of esters is 1. The van der Waals surface area contributed by atoms with Gasteiger partial charge < -0.3 is 4.74 Å². The van der Waals surface area contributed by atoms with Gasteiger partial charge in [-0.25, -0.2) is 4.79 Å². The topological polar surface area (TPSA) is 72.9 Å². The van der Waals surface area contributed by atoms with E-state index in [0.29, 0.717) is 0 Å². The van der Waals surface area contributed by atoms with Crippen molar-refractivity contribution in [3.8, 4) is 0 Å².